The molecule has 19 heavy (non-hydrogen) atoms. The van der Waals surface area contributed by atoms with E-state index in [1.54, 1.807) is 18.2 Å². The Bertz CT molecular complexity index is 555. The molecule has 0 saturated carbocycles. The van der Waals surface area contributed by atoms with E-state index < -0.39 is 0 Å². The van der Waals surface area contributed by atoms with Gasteiger partial charge in [0.25, 0.3) is 0 Å². The Balaban J connectivity index is 2.19. The van der Waals surface area contributed by atoms with E-state index in [-0.39, 0.29) is 11.9 Å². The number of likely N-dealkylation sites (N-methyl/N-ethyl adjacent to an activating group) is 1. The fourth-order valence-electron chi connectivity index (χ4n) is 1.97. The highest BCUT2D eigenvalue weighted by molar-refractivity contribution is 6.42. The third-order valence-electron chi connectivity index (χ3n) is 3.05. The Morgan fingerprint density at radius 3 is 2.32 bits per heavy atom. The molecule has 0 amide bonds. The molecular weight excluding hydrogens is 284 g/mol. The van der Waals surface area contributed by atoms with E-state index in [2.05, 4.69) is 5.32 Å². The number of benzene rings is 2. The van der Waals surface area contributed by atoms with Crippen LogP contribution in [0.4, 0.5) is 4.39 Å². The summed E-state index contributed by atoms with van der Waals surface area (Å²) in [7, 11) is 1.89. The second kappa shape index (κ2) is 6.38. The Morgan fingerprint density at radius 1 is 1.05 bits per heavy atom. The van der Waals surface area contributed by atoms with Crippen molar-refractivity contribution in [1.82, 2.24) is 5.32 Å². The second-order valence-electron chi connectivity index (χ2n) is 4.35. The van der Waals surface area contributed by atoms with Crippen LogP contribution in [-0.4, -0.2) is 7.05 Å². The average molecular weight is 298 g/mol. The summed E-state index contributed by atoms with van der Waals surface area (Å²) in [6.45, 7) is 0. The molecule has 0 spiro atoms. The van der Waals surface area contributed by atoms with Gasteiger partial charge in [-0.2, -0.15) is 0 Å². The maximum Gasteiger partial charge on any atom is 0.123 e. The minimum Gasteiger partial charge on any atom is -0.313 e. The molecule has 2 aromatic carbocycles. The van der Waals surface area contributed by atoms with Gasteiger partial charge in [0, 0.05) is 6.04 Å². The maximum absolute atomic E-state index is 12.9. The lowest BCUT2D eigenvalue weighted by Crippen LogP contribution is -2.18. The van der Waals surface area contributed by atoms with Crippen LogP contribution >= 0.6 is 23.2 Å². The summed E-state index contributed by atoms with van der Waals surface area (Å²) in [5.74, 6) is -0.223. The Morgan fingerprint density at radius 2 is 1.74 bits per heavy atom. The molecule has 1 atom stereocenters. The van der Waals surface area contributed by atoms with E-state index in [1.165, 1.54) is 12.1 Å². The molecule has 1 nitrogen and oxygen atoms in total. The predicted molar refractivity (Wildman–Crippen MR) is 78.4 cm³/mol. The summed E-state index contributed by atoms with van der Waals surface area (Å²) in [6, 6.07) is 12.2. The van der Waals surface area contributed by atoms with Crippen molar-refractivity contribution in [1.29, 1.82) is 0 Å². The van der Waals surface area contributed by atoms with Gasteiger partial charge in [0.2, 0.25) is 0 Å². The molecule has 0 heterocycles. The molecule has 4 heteroatoms. The molecule has 0 aliphatic rings. The van der Waals surface area contributed by atoms with Gasteiger partial charge in [-0.25, -0.2) is 4.39 Å². The van der Waals surface area contributed by atoms with Gasteiger partial charge < -0.3 is 5.32 Å². The largest absolute Gasteiger partial charge is 0.313 e. The van der Waals surface area contributed by atoms with E-state index in [0.717, 1.165) is 17.5 Å². The first-order valence-electron chi connectivity index (χ1n) is 5.97. The van der Waals surface area contributed by atoms with Gasteiger partial charge in [0.15, 0.2) is 0 Å². The third kappa shape index (κ3) is 3.69. The quantitative estimate of drug-likeness (QED) is 0.867. The third-order valence-corrected chi connectivity index (χ3v) is 3.79. The minimum atomic E-state index is -0.223. The van der Waals surface area contributed by atoms with Crippen LogP contribution in [0.25, 0.3) is 0 Å². The van der Waals surface area contributed by atoms with Gasteiger partial charge in [-0.3, -0.25) is 0 Å². The standard InChI is InChI=1S/C15H14Cl2FN/c1-19-15(8-10-2-5-12(18)6-3-10)11-4-7-13(16)14(17)9-11/h2-7,9,15,19H,8H2,1H3. The first kappa shape index (κ1) is 14.3. The molecule has 100 valence electrons. The highest BCUT2D eigenvalue weighted by Crippen LogP contribution is 2.27. The van der Waals surface area contributed by atoms with Gasteiger partial charge >= 0.3 is 0 Å². The molecule has 2 rings (SSSR count). The van der Waals surface area contributed by atoms with E-state index in [4.69, 9.17) is 23.2 Å². The highest BCUT2D eigenvalue weighted by atomic mass is 35.5. The molecule has 1 N–H and O–H groups in total. The zero-order valence-corrected chi connectivity index (χ0v) is 12.0. The van der Waals surface area contributed by atoms with E-state index >= 15 is 0 Å². The molecule has 1 unspecified atom stereocenters. The summed E-state index contributed by atoms with van der Waals surface area (Å²) in [5, 5.41) is 4.32. The molecular formula is C15H14Cl2FN. The normalized spacial score (nSPS) is 12.4. The number of rotatable bonds is 4. The van der Waals surface area contributed by atoms with Crippen molar-refractivity contribution in [2.75, 3.05) is 7.05 Å². The number of halogens is 3. The number of nitrogens with one attached hydrogen (secondary N) is 1. The molecule has 2 aromatic rings. The van der Waals surface area contributed by atoms with Gasteiger partial charge in [-0.15, -0.1) is 0 Å². The SMILES string of the molecule is CNC(Cc1ccc(F)cc1)c1ccc(Cl)c(Cl)c1. The summed E-state index contributed by atoms with van der Waals surface area (Å²) >= 11 is 11.9. The van der Waals surface area contributed by atoms with Crippen molar-refractivity contribution in [3.8, 4) is 0 Å². The van der Waals surface area contributed by atoms with Gasteiger partial charge in [-0.05, 0) is 48.9 Å². The van der Waals surface area contributed by atoms with Crippen molar-refractivity contribution in [3.63, 3.8) is 0 Å². The lowest BCUT2D eigenvalue weighted by atomic mass is 9.99. The highest BCUT2D eigenvalue weighted by Gasteiger charge is 2.11. The van der Waals surface area contributed by atoms with E-state index in [9.17, 15) is 4.39 Å². The summed E-state index contributed by atoms with van der Waals surface area (Å²) in [5.41, 5.74) is 2.12. The van der Waals surface area contributed by atoms with Crippen LogP contribution in [0.2, 0.25) is 10.0 Å². The maximum atomic E-state index is 12.9. The van der Waals surface area contributed by atoms with Crippen molar-refractivity contribution < 1.29 is 4.39 Å². The zero-order chi connectivity index (χ0) is 13.8. The lowest BCUT2D eigenvalue weighted by molar-refractivity contribution is 0.589. The second-order valence-corrected chi connectivity index (χ2v) is 5.16. The van der Waals surface area contributed by atoms with E-state index in [1.807, 2.05) is 19.2 Å². The number of hydrogen-bond donors (Lipinski definition) is 1. The lowest BCUT2D eigenvalue weighted by Gasteiger charge is -2.17. The van der Waals surface area contributed by atoms with Crippen molar-refractivity contribution >= 4 is 23.2 Å². The van der Waals surface area contributed by atoms with E-state index in [0.29, 0.717) is 10.0 Å². The van der Waals surface area contributed by atoms with Crippen molar-refractivity contribution in [3.05, 3.63) is 69.5 Å². The smallest absolute Gasteiger partial charge is 0.123 e. The Labute approximate surface area is 122 Å². The van der Waals surface area contributed by atoms with Crippen LogP contribution in [0.1, 0.15) is 17.2 Å². The van der Waals surface area contributed by atoms with Gasteiger partial charge in [-0.1, -0.05) is 41.4 Å². The molecule has 0 bridgehead atoms. The van der Waals surface area contributed by atoms with Crippen LogP contribution in [-0.2, 0) is 6.42 Å². The monoisotopic (exact) mass is 297 g/mol. The van der Waals surface area contributed by atoms with Crippen molar-refractivity contribution in [2.45, 2.75) is 12.5 Å². The Hall–Kier alpha value is -1.09. The van der Waals surface area contributed by atoms with Crippen LogP contribution in [0.5, 0.6) is 0 Å². The zero-order valence-electron chi connectivity index (χ0n) is 10.5. The van der Waals surface area contributed by atoms with Crippen molar-refractivity contribution in [2.24, 2.45) is 0 Å². The van der Waals surface area contributed by atoms with Crippen LogP contribution in [0.15, 0.2) is 42.5 Å². The summed E-state index contributed by atoms with van der Waals surface area (Å²) in [4.78, 5) is 0. The Kier molecular flexibility index (Phi) is 4.81. The molecule has 0 saturated heterocycles. The van der Waals surface area contributed by atoms with Crippen LogP contribution < -0.4 is 5.32 Å². The topological polar surface area (TPSA) is 12.0 Å². The molecule has 0 fully saturated rings. The predicted octanol–water partition coefficient (Wildman–Crippen LogP) is 4.64. The molecule has 0 aromatic heterocycles. The van der Waals surface area contributed by atoms with Gasteiger partial charge in [0.1, 0.15) is 5.82 Å². The first-order valence-corrected chi connectivity index (χ1v) is 6.72. The summed E-state index contributed by atoms with van der Waals surface area (Å²) < 4.78 is 12.9. The van der Waals surface area contributed by atoms with Gasteiger partial charge in [0.05, 0.1) is 10.0 Å². The first-order chi connectivity index (χ1) is 9.10. The van der Waals surface area contributed by atoms with Crippen LogP contribution in [0, 0.1) is 5.82 Å². The summed E-state index contributed by atoms with van der Waals surface area (Å²) in [6.07, 6.45) is 0.759. The average Bonchev–Trinajstić information content (AvgIpc) is 2.41. The molecule has 0 aliphatic carbocycles. The molecule has 0 aliphatic heterocycles. The minimum absolute atomic E-state index is 0.111. The molecule has 0 radical (unpaired) electrons. The fourth-order valence-corrected chi connectivity index (χ4v) is 2.28. The van der Waals surface area contributed by atoms with Crippen LogP contribution in [0.3, 0.4) is 0 Å². The number of hydrogen-bond acceptors (Lipinski definition) is 1. The fraction of sp³-hybridized carbons (Fsp3) is 0.200.